The first-order valence-corrected chi connectivity index (χ1v) is 6.34. The number of nitro groups is 1. The molecule has 0 aromatic heterocycles. The van der Waals surface area contributed by atoms with Gasteiger partial charge in [0.1, 0.15) is 0 Å². The fourth-order valence-electron chi connectivity index (χ4n) is 1.50. The summed E-state index contributed by atoms with van der Waals surface area (Å²) < 4.78 is 0. The second-order valence-electron chi connectivity index (χ2n) is 5.33. The van der Waals surface area contributed by atoms with Crippen molar-refractivity contribution in [2.75, 3.05) is 12.0 Å². The lowest BCUT2D eigenvalue weighted by Crippen LogP contribution is -2.34. The van der Waals surface area contributed by atoms with E-state index in [1.807, 2.05) is 20.8 Å². The van der Waals surface area contributed by atoms with Crippen molar-refractivity contribution < 1.29 is 9.72 Å². The number of rotatable bonds is 6. The van der Waals surface area contributed by atoms with Gasteiger partial charge in [0.2, 0.25) is 0 Å². The van der Waals surface area contributed by atoms with E-state index in [1.165, 1.54) is 18.2 Å². The summed E-state index contributed by atoms with van der Waals surface area (Å²) >= 11 is 0. The van der Waals surface area contributed by atoms with Crippen molar-refractivity contribution in [1.82, 2.24) is 5.32 Å². The molecule has 1 amide bonds. The predicted octanol–water partition coefficient (Wildman–Crippen LogP) is 2.05. The van der Waals surface area contributed by atoms with E-state index in [9.17, 15) is 14.9 Å². The average Bonchev–Trinajstić information content (AvgIpc) is 2.44. The lowest BCUT2D eigenvalue weighted by Gasteiger charge is -2.23. The first kappa shape index (κ1) is 15.9. The van der Waals surface area contributed by atoms with E-state index in [1.54, 1.807) is 0 Å². The lowest BCUT2D eigenvalue weighted by atomic mass is 9.90. The molecule has 4 N–H and O–H groups in total. The molecule has 20 heavy (non-hydrogen) atoms. The quantitative estimate of drug-likeness (QED) is 0.419. The number of carbonyl (C=O) groups excluding carboxylic acids is 1. The Bertz CT molecular complexity index is 514. The van der Waals surface area contributed by atoms with Crippen molar-refractivity contribution in [3.63, 3.8) is 0 Å². The third kappa shape index (κ3) is 3.92. The molecule has 110 valence electrons. The summed E-state index contributed by atoms with van der Waals surface area (Å²) in [5, 5.41) is 13.5. The predicted molar refractivity (Wildman–Crippen MR) is 77.3 cm³/mol. The largest absolute Gasteiger partial charge is 0.351 e. The van der Waals surface area contributed by atoms with E-state index in [-0.39, 0.29) is 22.6 Å². The smallest absolute Gasteiger partial charge is 0.270 e. The van der Waals surface area contributed by atoms with Gasteiger partial charge >= 0.3 is 0 Å². The van der Waals surface area contributed by atoms with Crippen LogP contribution in [0.5, 0.6) is 0 Å². The minimum Gasteiger partial charge on any atom is -0.351 e. The Balaban J connectivity index is 2.96. The number of nitrogens with zero attached hydrogens (tertiary/aromatic N) is 1. The molecule has 7 heteroatoms. The normalized spacial score (nSPS) is 11.0. The van der Waals surface area contributed by atoms with Crippen LogP contribution in [0.3, 0.4) is 0 Å². The Kier molecular flexibility index (Phi) is 5.04. The maximum atomic E-state index is 12.1. The van der Waals surface area contributed by atoms with Crippen LogP contribution in [0.4, 0.5) is 11.4 Å². The molecule has 0 spiro atoms. The van der Waals surface area contributed by atoms with Gasteiger partial charge in [-0.25, -0.2) is 0 Å². The zero-order valence-electron chi connectivity index (χ0n) is 11.9. The molecule has 0 saturated heterocycles. The molecule has 0 aliphatic rings. The molecule has 0 radical (unpaired) electrons. The number of hydrogen-bond acceptors (Lipinski definition) is 5. The molecule has 0 atom stereocenters. The number of nitro benzene ring substituents is 1. The summed E-state index contributed by atoms with van der Waals surface area (Å²) in [4.78, 5) is 22.3. The lowest BCUT2D eigenvalue weighted by molar-refractivity contribution is -0.384. The van der Waals surface area contributed by atoms with Gasteiger partial charge in [-0.1, -0.05) is 20.8 Å². The van der Waals surface area contributed by atoms with Gasteiger partial charge in [0.15, 0.2) is 0 Å². The number of amides is 1. The zero-order chi connectivity index (χ0) is 15.3. The summed E-state index contributed by atoms with van der Waals surface area (Å²) in [6.07, 6.45) is 0.907. The van der Waals surface area contributed by atoms with E-state index in [0.717, 1.165) is 6.42 Å². The third-order valence-corrected chi connectivity index (χ3v) is 3.30. The van der Waals surface area contributed by atoms with Crippen molar-refractivity contribution in [3.05, 3.63) is 33.9 Å². The molecule has 0 heterocycles. The van der Waals surface area contributed by atoms with Gasteiger partial charge in [0, 0.05) is 18.7 Å². The van der Waals surface area contributed by atoms with Crippen LogP contribution in [0, 0.1) is 15.5 Å². The number of anilines is 1. The monoisotopic (exact) mass is 280 g/mol. The summed E-state index contributed by atoms with van der Waals surface area (Å²) in [5.74, 6) is 4.94. The third-order valence-electron chi connectivity index (χ3n) is 3.30. The molecule has 0 aliphatic heterocycles. The van der Waals surface area contributed by atoms with Gasteiger partial charge in [-0.2, -0.15) is 0 Å². The Hall–Kier alpha value is -2.15. The maximum Gasteiger partial charge on any atom is 0.270 e. The molecule has 0 unspecified atom stereocenters. The number of nitrogens with one attached hydrogen (secondary N) is 2. The molecule has 0 bridgehead atoms. The Morgan fingerprint density at radius 1 is 1.45 bits per heavy atom. The summed E-state index contributed by atoms with van der Waals surface area (Å²) in [6, 6.07) is 3.92. The van der Waals surface area contributed by atoms with Gasteiger partial charge in [-0.3, -0.25) is 20.8 Å². The first-order chi connectivity index (χ1) is 9.30. The minimum absolute atomic E-state index is 0.0350. The van der Waals surface area contributed by atoms with Crippen LogP contribution in [0.25, 0.3) is 0 Å². The van der Waals surface area contributed by atoms with Gasteiger partial charge in [-0.15, -0.1) is 0 Å². The van der Waals surface area contributed by atoms with Crippen LogP contribution in [0.15, 0.2) is 18.2 Å². The Morgan fingerprint density at radius 2 is 2.10 bits per heavy atom. The zero-order valence-corrected chi connectivity index (χ0v) is 11.9. The second-order valence-corrected chi connectivity index (χ2v) is 5.33. The fourth-order valence-corrected chi connectivity index (χ4v) is 1.50. The number of hydrogen-bond donors (Lipinski definition) is 3. The highest BCUT2D eigenvalue weighted by Gasteiger charge is 2.20. The van der Waals surface area contributed by atoms with E-state index < -0.39 is 4.92 Å². The van der Waals surface area contributed by atoms with E-state index in [0.29, 0.717) is 12.2 Å². The van der Waals surface area contributed by atoms with Gasteiger partial charge in [-0.05, 0) is 17.9 Å². The van der Waals surface area contributed by atoms with Crippen LogP contribution in [-0.2, 0) is 0 Å². The topological polar surface area (TPSA) is 110 Å². The van der Waals surface area contributed by atoms with Crippen LogP contribution < -0.4 is 16.6 Å². The number of carbonyl (C=O) groups is 1. The van der Waals surface area contributed by atoms with Crippen LogP contribution in [0.1, 0.15) is 37.6 Å². The standard InChI is InChI=1S/C13H20N4O3/c1-4-13(2,3)8-15-12(18)10-7-9(17(19)20)5-6-11(10)16-14/h5-7,16H,4,8,14H2,1-3H3,(H,15,18). The van der Waals surface area contributed by atoms with Crippen molar-refractivity contribution in [2.45, 2.75) is 27.2 Å². The van der Waals surface area contributed by atoms with Crippen molar-refractivity contribution in [3.8, 4) is 0 Å². The molecule has 0 saturated carbocycles. The molecule has 1 rings (SSSR count). The SMILES string of the molecule is CCC(C)(C)CNC(=O)c1cc([N+](=O)[O-])ccc1NN. The van der Waals surface area contributed by atoms with Crippen LogP contribution >= 0.6 is 0 Å². The van der Waals surface area contributed by atoms with Crippen molar-refractivity contribution in [1.29, 1.82) is 0 Å². The Labute approximate surface area is 117 Å². The van der Waals surface area contributed by atoms with Crippen LogP contribution in [-0.4, -0.2) is 17.4 Å². The number of nitrogen functional groups attached to an aromatic ring is 1. The average molecular weight is 280 g/mol. The molecule has 1 aromatic rings. The highest BCUT2D eigenvalue weighted by Crippen LogP contribution is 2.22. The number of non-ortho nitro benzene ring substituents is 1. The maximum absolute atomic E-state index is 12.1. The molecule has 0 aliphatic carbocycles. The van der Waals surface area contributed by atoms with Crippen LogP contribution in [0.2, 0.25) is 0 Å². The molecule has 1 aromatic carbocycles. The number of benzene rings is 1. The van der Waals surface area contributed by atoms with E-state index in [2.05, 4.69) is 10.7 Å². The summed E-state index contributed by atoms with van der Waals surface area (Å²) in [7, 11) is 0. The summed E-state index contributed by atoms with van der Waals surface area (Å²) in [6.45, 7) is 6.58. The number of nitrogens with two attached hydrogens (primary N) is 1. The second kappa shape index (κ2) is 6.33. The highest BCUT2D eigenvalue weighted by molar-refractivity contribution is 6.00. The van der Waals surface area contributed by atoms with Crippen molar-refractivity contribution in [2.24, 2.45) is 11.3 Å². The van der Waals surface area contributed by atoms with Gasteiger partial charge in [0.25, 0.3) is 11.6 Å². The molecular weight excluding hydrogens is 260 g/mol. The van der Waals surface area contributed by atoms with E-state index >= 15 is 0 Å². The number of hydrazine groups is 1. The van der Waals surface area contributed by atoms with E-state index in [4.69, 9.17) is 5.84 Å². The molecule has 0 fully saturated rings. The molecular formula is C13H20N4O3. The summed E-state index contributed by atoms with van der Waals surface area (Å²) in [5.41, 5.74) is 2.70. The van der Waals surface area contributed by atoms with Crippen molar-refractivity contribution >= 4 is 17.3 Å². The van der Waals surface area contributed by atoms with Gasteiger partial charge < -0.3 is 10.7 Å². The Morgan fingerprint density at radius 3 is 2.60 bits per heavy atom. The fraction of sp³-hybridized carbons (Fsp3) is 0.462. The molecule has 7 nitrogen and oxygen atoms in total. The first-order valence-electron chi connectivity index (χ1n) is 6.34. The highest BCUT2D eigenvalue weighted by atomic mass is 16.6. The minimum atomic E-state index is -0.549. The van der Waals surface area contributed by atoms with Gasteiger partial charge in [0.05, 0.1) is 16.2 Å².